The number of aryl methyl sites for hydroxylation is 1. The molecular weight excluding hydrogens is 254 g/mol. The Hall–Kier alpha value is -2.04. The molecule has 1 aromatic rings. The molecule has 5 nitrogen and oxygen atoms in total. The van der Waals surface area contributed by atoms with E-state index in [0.29, 0.717) is 24.3 Å². The molecule has 2 rings (SSSR count). The van der Waals surface area contributed by atoms with Crippen LogP contribution in [0.4, 0.5) is 5.69 Å². The fourth-order valence-electron chi connectivity index (χ4n) is 2.54. The fourth-order valence-corrected chi connectivity index (χ4v) is 2.54. The number of carbonyl (C=O) groups excluding carboxylic acids is 2. The molecule has 3 N–H and O–H groups in total. The Morgan fingerprint density at radius 3 is 2.55 bits per heavy atom. The van der Waals surface area contributed by atoms with Crippen LogP contribution in [-0.4, -0.2) is 35.8 Å². The molecule has 108 valence electrons. The molecule has 0 radical (unpaired) electrons. The Morgan fingerprint density at radius 2 is 1.95 bits per heavy atom. The molecular formula is C15H21N3O2. The number of hydrogen-bond donors (Lipinski definition) is 2. The summed E-state index contributed by atoms with van der Waals surface area (Å²) in [6, 6.07) is 5.67. The highest BCUT2D eigenvalue weighted by molar-refractivity contribution is 5.99. The fraction of sp³-hybridized carbons (Fsp3) is 0.467. The van der Waals surface area contributed by atoms with Crippen molar-refractivity contribution in [1.82, 2.24) is 10.2 Å². The minimum absolute atomic E-state index is 0.0160. The predicted molar refractivity (Wildman–Crippen MR) is 78.3 cm³/mol. The zero-order chi connectivity index (χ0) is 14.7. The molecule has 5 heteroatoms. The van der Waals surface area contributed by atoms with E-state index >= 15 is 0 Å². The van der Waals surface area contributed by atoms with E-state index in [4.69, 9.17) is 5.73 Å². The second-order valence-corrected chi connectivity index (χ2v) is 5.36. The maximum absolute atomic E-state index is 12.5. The summed E-state index contributed by atoms with van der Waals surface area (Å²) in [5, 5.41) is 2.90. The largest absolute Gasteiger partial charge is 0.398 e. The minimum atomic E-state index is -0.0209. The summed E-state index contributed by atoms with van der Waals surface area (Å²) in [5.41, 5.74) is 8.00. The SMILES string of the molecule is CC(=O)NC1CCN(C(=O)c2cc(C)ccc2N)CC1. The quantitative estimate of drug-likeness (QED) is 0.799. The van der Waals surface area contributed by atoms with Crippen molar-refractivity contribution < 1.29 is 9.59 Å². The third-order valence-electron chi connectivity index (χ3n) is 3.63. The number of nitrogens with zero attached hydrogens (tertiary/aromatic N) is 1. The summed E-state index contributed by atoms with van der Waals surface area (Å²) in [4.78, 5) is 25.3. The van der Waals surface area contributed by atoms with Gasteiger partial charge in [-0.15, -0.1) is 0 Å². The third-order valence-corrected chi connectivity index (χ3v) is 3.63. The van der Waals surface area contributed by atoms with Gasteiger partial charge >= 0.3 is 0 Å². The van der Waals surface area contributed by atoms with E-state index in [1.165, 1.54) is 6.92 Å². The number of nitrogens with two attached hydrogens (primary N) is 1. The summed E-state index contributed by atoms with van der Waals surface area (Å²) < 4.78 is 0. The highest BCUT2D eigenvalue weighted by Crippen LogP contribution is 2.19. The van der Waals surface area contributed by atoms with Crippen LogP contribution in [0.3, 0.4) is 0 Å². The summed E-state index contributed by atoms with van der Waals surface area (Å²) in [7, 11) is 0. The lowest BCUT2D eigenvalue weighted by Gasteiger charge is -2.32. The molecule has 0 bridgehead atoms. The van der Waals surface area contributed by atoms with E-state index in [1.807, 2.05) is 24.0 Å². The Kier molecular flexibility index (Phi) is 4.27. The third kappa shape index (κ3) is 3.29. The summed E-state index contributed by atoms with van der Waals surface area (Å²) in [6.07, 6.45) is 1.58. The highest BCUT2D eigenvalue weighted by Gasteiger charge is 2.24. The first-order valence-corrected chi connectivity index (χ1v) is 6.90. The Labute approximate surface area is 119 Å². The Morgan fingerprint density at radius 1 is 1.30 bits per heavy atom. The number of amides is 2. The average molecular weight is 275 g/mol. The van der Waals surface area contributed by atoms with Crippen LogP contribution in [0.25, 0.3) is 0 Å². The molecule has 1 saturated heterocycles. The normalized spacial score (nSPS) is 16.0. The second-order valence-electron chi connectivity index (χ2n) is 5.36. The molecule has 0 atom stereocenters. The first-order chi connectivity index (χ1) is 9.47. The number of carbonyl (C=O) groups is 2. The van der Waals surface area contributed by atoms with Crippen molar-refractivity contribution in [3.63, 3.8) is 0 Å². The van der Waals surface area contributed by atoms with E-state index in [1.54, 1.807) is 6.07 Å². The summed E-state index contributed by atoms with van der Waals surface area (Å²) >= 11 is 0. The molecule has 1 aliphatic rings. The molecule has 1 heterocycles. The Balaban J connectivity index is 2.01. The van der Waals surface area contributed by atoms with Crippen LogP contribution in [0.2, 0.25) is 0 Å². The van der Waals surface area contributed by atoms with Gasteiger partial charge in [0.1, 0.15) is 0 Å². The molecule has 0 spiro atoms. The smallest absolute Gasteiger partial charge is 0.255 e. The predicted octanol–water partition coefficient (Wildman–Crippen LogP) is 1.32. The lowest BCUT2D eigenvalue weighted by molar-refractivity contribution is -0.119. The van der Waals surface area contributed by atoms with Gasteiger partial charge in [-0.25, -0.2) is 0 Å². The second kappa shape index (κ2) is 5.94. The van der Waals surface area contributed by atoms with Crippen molar-refractivity contribution in [3.8, 4) is 0 Å². The van der Waals surface area contributed by atoms with Crippen molar-refractivity contribution in [2.75, 3.05) is 18.8 Å². The van der Waals surface area contributed by atoms with Gasteiger partial charge in [0, 0.05) is 31.7 Å². The topological polar surface area (TPSA) is 75.4 Å². The highest BCUT2D eigenvalue weighted by atomic mass is 16.2. The number of anilines is 1. The maximum Gasteiger partial charge on any atom is 0.255 e. The number of piperidine rings is 1. The molecule has 1 aromatic carbocycles. The van der Waals surface area contributed by atoms with Crippen LogP contribution in [-0.2, 0) is 4.79 Å². The molecule has 2 amide bonds. The van der Waals surface area contributed by atoms with Crippen LogP contribution < -0.4 is 11.1 Å². The number of benzene rings is 1. The summed E-state index contributed by atoms with van der Waals surface area (Å²) in [5.74, 6) is -0.0369. The molecule has 20 heavy (non-hydrogen) atoms. The lowest BCUT2D eigenvalue weighted by Crippen LogP contribution is -2.46. The van der Waals surface area contributed by atoms with E-state index in [-0.39, 0.29) is 17.9 Å². The molecule has 0 aliphatic carbocycles. The van der Waals surface area contributed by atoms with Gasteiger partial charge in [-0.05, 0) is 31.9 Å². The van der Waals surface area contributed by atoms with E-state index in [0.717, 1.165) is 18.4 Å². The van der Waals surface area contributed by atoms with Gasteiger partial charge in [0.2, 0.25) is 5.91 Å². The molecule has 1 aliphatic heterocycles. The van der Waals surface area contributed by atoms with Crippen molar-refractivity contribution in [1.29, 1.82) is 0 Å². The van der Waals surface area contributed by atoms with Gasteiger partial charge < -0.3 is 16.0 Å². The van der Waals surface area contributed by atoms with Crippen LogP contribution >= 0.6 is 0 Å². The average Bonchev–Trinajstić information content (AvgIpc) is 2.41. The first-order valence-electron chi connectivity index (χ1n) is 6.90. The van der Waals surface area contributed by atoms with Crippen molar-refractivity contribution >= 4 is 17.5 Å². The molecule has 0 unspecified atom stereocenters. The van der Waals surface area contributed by atoms with Crippen LogP contribution in [0.15, 0.2) is 18.2 Å². The van der Waals surface area contributed by atoms with Gasteiger partial charge in [-0.1, -0.05) is 11.6 Å². The van der Waals surface area contributed by atoms with Gasteiger partial charge in [-0.3, -0.25) is 9.59 Å². The van der Waals surface area contributed by atoms with E-state index < -0.39 is 0 Å². The van der Waals surface area contributed by atoms with Crippen molar-refractivity contribution in [3.05, 3.63) is 29.3 Å². The zero-order valence-corrected chi connectivity index (χ0v) is 12.0. The van der Waals surface area contributed by atoms with Crippen molar-refractivity contribution in [2.24, 2.45) is 0 Å². The number of nitrogens with one attached hydrogen (secondary N) is 1. The number of hydrogen-bond acceptors (Lipinski definition) is 3. The standard InChI is InChI=1S/C15H21N3O2/c1-10-3-4-14(16)13(9-10)15(20)18-7-5-12(6-8-18)17-11(2)19/h3-4,9,12H,5-8,16H2,1-2H3,(H,17,19). The zero-order valence-electron chi connectivity index (χ0n) is 12.0. The molecule has 0 aromatic heterocycles. The van der Waals surface area contributed by atoms with E-state index in [9.17, 15) is 9.59 Å². The monoisotopic (exact) mass is 275 g/mol. The van der Waals surface area contributed by atoms with Gasteiger partial charge in [0.05, 0.1) is 5.56 Å². The maximum atomic E-state index is 12.5. The number of likely N-dealkylation sites (tertiary alicyclic amines) is 1. The van der Waals surface area contributed by atoms with Crippen LogP contribution in [0.5, 0.6) is 0 Å². The van der Waals surface area contributed by atoms with E-state index in [2.05, 4.69) is 5.32 Å². The number of rotatable bonds is 2. The van der Waals surface area contributed by atoms with Gasteiger partial charge in [0.25, 0.3) is 5.91 Å². The van der Waals surface area contributed by atoms with Crippen molar-refractivity contribution in [2.45, 2.75) is 32.7 Å². The van der Waals surface area contributed by atoms with Crippen LogP contribution in [0.1, 0.15) is 35.7 Å². The lowest BCUT2D eigenvalue weighted by atomic mass is 10.0. The molecule has 0 saturated carbocycles. The first kappa shape index (κ1) is 14.4. The summed E-state index contributed by atoms with van der Waals surface area (Å²) in [6.45, 7) is 4.76. The Bertz CT molecular complexity index is 520. The van der Waals surface area contributed by atoms with Gasteiger partial charge in [0.15, 0.2) is 0 Å². The molecule has 1 fully saturated rings. The minimum Gasteiger partial charge on any atom is -0.398 e. The van der Waals surface area contributed by atoms with Gasteiger partial charge in [-0.2, -0.15) is 0 Å². The number of nitrogen functional groups attached to an aromatic ring is 1. The van der Waals surface area contributed by atoms with Crippen LogP contribution in [0, 0.1) is 6.92 Å².